The summed E-state index contributed by atoms with van der Waals surface area (Å²) in [7, 11) is 0. The van der Waals surface area contributed by atoms with Crippen molar-refractivity contribution < 1.29 is 4.92 Å². The van der Waals surface area contributed by atoms with Crippen LogP contribution in [0.15, 0.2) is 23.3 Å². The lowest BCUT2D eigenvalue weighted by atomic mass is 10.3. The van der Waals surface area contributed by atoms with E-state index in [1.165, 1.54) is 12.4 Å². The zero-order valence-electron chi connectivity index (χ0n) is 8.74. The van der Waals surface area contributed by atoms with E-state index < -0.39 is 4.92 Å². The van der Waals surface area contributed by atoms with Gasteiger partial charge in [-0.05, 0) is 0 Å². The van der Waals surface area contributed by atoms with Gasteiger partial charge in [0.1, 0.15) is 12.4 Å². The molecule has 0 aliphatic carbocycles. The van der Waals surface area contributed by atoms with Gasteiger partial charge in [0, 0.05) is 18.3 Å². The lowest BCUT2D eigenvalue weighted by Gasteiger charge is -2.01. The van der Waals surface area contributed by atoms with Gasteiger partial charge in [0.05, 0.1) is 16.1 Å². The maximum Gasteiger partial charge on any atom is 0.305 e. The molecule has 17 heavy (non-hydrogen) atoms. The maximum absolute atomic E-state index is 10.4. The number of anilines is 1. The topological polar surface area (TPSA) is 93.8 Å². The molecule has 0 atom stereocenters. The van der Waals surface area contributed by atoms with Crippen LogP contribution in [0, 0.1) is 10.1 Å². The zero-order valence-corrected chi connectivity index (χ0v) is 9.55. The Kier molecular flexibility index (Phi) is 3.55. The van der Waals surface area contributed by atoms with Crippen molar-refractivity contribution in [3.8, 4) is 0 Å². The molecule has 0 aliphatic heterocycles. The third-order valence-electron chi connectivity index (χ3n) is 2.00. The molecular weight excluding hydrogens is 242 g/mol. The van der Waals surface area contributed by atoms with Gasteiger partial charge in [0.2, 0.25) is 5.95 Å². The van der Waals surface area contributed by atoms with Crippen LogP contribution < -0.4 is 5.32 Å². The first-order valence-electron chi connectivity index (χ1n) is 4.83. The molecule has 0 spiro atoms. The predicted molar refractivity (Wildman–Crippen MR) is 63.0 cm³/mol. The van der Waals surface area contributed by atoms with Crippen molar-refractivity contribution in [1.82, 2.24) is 15.0 Å². The van der Waals surface area contributed by atoms with Crippen molar-refractivity contribution in [2.45, 2.75) is 6.42 Å². The second-order valence-electron chi connectivity index (χ2n) is 3.18. The van der Waals surface area contributed by atoms with E-state index in [1.807, 2.05) is 5.38 Å². The van der Waals surface area contributed by atoms with Crippen LogP contribution in [0.2, 0.25) is 0 Å². The van der Waals surface area contributed by atoms with Gasteiger partial charge >= 0.3 is 5.69 Å². The zero-order chi connectivity index (χ0) is 12.1. The third-order valence-corrected chi connectivity index (χ3v) is 2.63. The van der Waals surface area contributed by atoms with E-state index >= 15 is 0 Å². The molecule has 2 aromatic rings. The average Bonchev–Trinajstić information content (AvgIpc) is 2.83. The summed E-state index contributed by atoms with van der Waals surface area (Å²) in [5.41, 5.74) is 2.66. The van der Waals surface area contributed by atoms with Crippen LogP contribution in [0.4, 0.5) is 11.6 Å². The first-order chi connectivity index (χ1) is 8.25. The third kappa shape index (κ3) is 3.18. The van der Waals surface area contributed by atoms with Gasteiger partial charge in [0.15, 0.2) is 0 Å². The first-order valence-corrected chi connectivity index (χ1v) is 5.77. The summed E-state index contributed by atoms with van der Waals surface area (Å²) >= 11 is 1.55. The molecule has 2 aromatic heterocycles. The summed E-state index contributed by atoms with van der Waals surface area (Å²) in [6, 6.07) is 0. The van der Waals surface area contributed by atoms with Crippen LogP contribution in [0.3, 0.4) is 0 Å². The Morgan fingerprint density at radius 3 is 2.71 bits per heavy atom. The van der Waals surface area contributed by atoms with Crippen LogP contribution in [0.5, 0.6) is 0 Å². The minimum absolute atomic E-state index is 0.116. The Bertz CT molecular complexity index is 485. The molecule has 0 bridgehead atoms. The molecule has 0 saturated carbocycles. The summed E-state index contributed by atoms with van der Waals surface area (Å²) in [6.07, 6.45) is 3.13. The Morgan fingerprint density at radius 1 is 1.35 bits per heavy atom. The van der Waals surface area contributed by atoms with Crippen LogP contribution in [0.25, 0.3) is 0 Å². The smallest absolute Gasteiger partial charge is 0.305 e. The minimum atomic E-state index is -0.529. The molecule has 0 unspecified atom stereocenters. The van der Waals surface area contributed by atoms with E-state index in [2.05, 4.69) is 20.3 Å². The molecule has 0 aliphatic rings. The fraction of sp³-hybridized carbons (Fsp3) is 0.222. The number of nitrogens with zero attached hydrogens (tertiary/aromatic N) is 4. The van der Waals surface area contributed by atoms with E-state index in [-0.39, 0.29) is 5.69 Å². The predicted octanol–water partition coefficient (Wildman–Crippen LogP) is 1.50. The Labute approximate surface area is 101 Å². The van der Waals surface area contributed by atoms with Crippen molar-refractivity contribution in [2.75, 3.05) is 11.9 Å². The number of rotatable bonds is 5. The Hall–Kier alpha value is -2.09. The largest absolute Gasteiger partial charge is 0.354 e. The van der Waals surface area contributed by atoms with Crippen molar-refractivity contribution in [3.63, 3.8) is 0 Å². The molecule has 88 valence electrons. The molecule has 8 heteroatoms. The highest BCUT2D eigenvalue weighted by Crippen LogP contribution is 2.08. The molecule has 0 saturated heterocycles. The minimum Gasteiger partial charge on any atom is -0.354 e. The maximum atomic E-state index is 10.4. The standard InChI is InChI=1S/C9H9N5O2S/c15-14(16)8-3-11-9(12-4-8)10-2-1-7-5-17-6-13-7/h3-6H,1-2H2,(H,10,11,12). The van der Waals surface area contributed by atoms with E-state index in [1.54, 1.807) is 16.8 Å². The fourth-order valence-corrected chi connectivity index (χ4v) is 1.76. The quantitative estimate of drug-likeness (QED) is 0.639. The van der Waals surface area contributed by atoms with Gasteiger partial charge in [-0.15, -0.1) is 11.3 Å². The molecule has 2 heterocycles. The van der Waals surface area contributed by atoms with Crippen LogP contribution >= 0.6 is 11.3 Å². The lowest BCUT2D eigenvalue weighted by Crippen LogP contribution is -2.08. The summed E-state index contributed by atoms with van der Waals surface area (Å²) in [6.45, 7) is 0.640. The van der Waals surface area contributed by atoms with Gasteiger partial charge in [0.25, 0.3) is 0 Å². The normalized spacial score (nSPS) is 10.1. The van der Waals surface area contributed by atoms with E-state index in [4.69, 9.17) is 0 Å². The monoisotopic (exact) mass is 251 g/mol. The highest BCUT2D eigenvalue weighted by atomic mass is 32.1. The number of nitrogens with one attached hydrogen (secondary N) is 1. The van der Waals surface area contributed by atoms with Gasteiger partial charge in [-0.3, -0.25) is 10.1 Å². The molecule has 1 N–H and O–H groups in total. The van der Waals surface area contributed by atoms with Gasteiger partial charge in [-0.2, -0.15) is 0 Å². The second-order valence-corrected chi connectivity index (χ2v) is 3.90. The first kappa shape index (κ1) is 11.4. The average molecular weight is 251 g/mol. The number of hydrogen-bond donors (Lipinski definition) is 1. The molecule has 0 fully saturated rings. The number of thiazole rings is 1. The highest BCUT2D eigenvalue weighted by Gasteiger charge is 2.06. The summed E-state index contributed by atoms with van der Waals surface area (Å²) < 4.78 is 0. The molecular formula is C9H9N5O2S. The number of nitro groups is 1. The van der Waals surface area contributed by atoms with Crippen LogP contribution in [0.1, 0.15) is 5.69 Å². The van der Waals surface area contributed by atoms with E-state index in [0.717, 1.165) is 12.1 Å². The van der Waals surface area contributed by atoms with E-state index in [9.17, 15) is 10.1 Å². The van der Waals surface area contributed by atoms with Gasteiger partial charge in [-0.25, -0.2) is 15.0 Å². The Balaban J connectivity index is 1.85. The molecule has 0 amide bonds. The SMILES string of the molecule is O=[N+]([O-])c1cnc(NCCc2cscn2)nc1. The van der Waals surface area contributed by atoms with Crippen molar-refractivity contribution in [2.24, 2.45) is 0 Å². The lowest BCUT2D eigenvalue weighted by molar-refractivity contribution is -0.385. The van der Waals surface area contributed by atoms with Crippen molar-refractivity contribution in [1.29, 1.82) is 0 Å². The van der Waals surface area contributed by atoms with Crippen molar-refractivity contribution in [3.05, 3.63) is 39.1 Å². The fourth-order valence-electron chi connectivity index (χ4n) is 1.17. The second kappa shape index (κ2) is 5.30. The molecule has 0 aromatic carbocycles. The summed E-state index contributed by atoms with van der Waals surface area (Å²) in [5, 5.41) is 15.3. The summed E-state index contributed by atoms with van der Waals surface area (Å²) in [5.74, 6) is 0.380. The van der Waals surface area contributed by atoms with Crippen LogP contribution in [-0.2, 0) is 6.42 Å². The van der Waals surface area contributed by atoms with Crippen molar-refractivity contribution >= 4 is 23.0 Å². The molecule has 2 rings (SSSR count). The van der Waals surface area contributed by atoms with E-state index in [0.29, 0.717) is 12.5 Å². The molecule has 0 radical (unpaired) electrons. The highest BCUT2D eigenvalue weighted by molar-refractivity contribution is 7.07. The van der Waals surface area contributed by atoms with Crippen LogP contribution in [-0.4, -0.2) is 26.4 Å². The molecule has 7 nitrogen and oxygen atoms in total. The number of hydrogen-bond acceptors (Lipinski definition) is 7. The Morgan fingerprint density at radius 2 is 2.12 bits per heavy atom. The van der Waals surface area contributed by atoms with Gasteiger partial charge < -0.3 is 5.32 Å². The van der Waals surface area contributed by atoms with Gasteiger partial charge in [-0.1, -0.05) is 0 Å². The number of aromatic nitrogens is 3. The summed E-state index contributed by atoms with van der Waals surface area (Å²) in [4.78, 5) is 21.7.